The van der Waals surface area contributed by atoms with Gasteiger partial charge in [0.1, 0.15) is 5.82 Å². The smallest absolute Gasteiger partial charge is 0.277 e. The Labute approximate surface area is 179 Å². The number of hydrogen-bond acceptors (Lipinski definition) is 5. The number of aromatic nitrogens is 1. The quantitative estimate of drug-likeness (QED) is 0.454. The fraction of sp³-hybridized carbons (Fsp3) is 0.167. The second-order valence-electron chi connectivity index (χ2n) is 7.31. The highest BCUT2D eigenvalue weighted by Gasteiger charge is 2.19. The first kappa shape index (κ1) is 20.6. The van der Waals surface area contributed by atoms with Crippen LogP contribution in [0, 0.1) is 5.82 Å². The van der Waals surface area contributed by atoms with Crippen molar-refractivity contribution in [2.24, 2.45) is 5.84 Å². The lowest BCUT2D eigenvalue weighted by molar-refractivity contribution is 0.0956. The number of carbonyl (C=O) groups is 1. The molecule has 0 atom stereocenters. The first-order chi connectivity index (χ1) is 15.1. The van der Waals surface area contributed by atoms with Gasteiger partial charge in [-0.2, -0.15) is 0 Å². The number of nitrogens with zero attached hydrogens (tertiary/aromatic N) is 2. The fourth-order valence-electron chi connectivity index (χ4n) is 3.45. The summed E-state index contributed by atoms with van der Waals surface area (Å²) < 4.78 is 18.7. The van der Waals surface area contributed by atoms with Crippen molar-refractivity contribution in [2.45, 2.75) is 25.8 Å². The molecule has 1 aliphatic rings. The highest BCUT2D eigenvalue weighted by atomic mass is 19.1. The molecule has 1 heterocycles. The van der Waals surface area contributed by atoms with Crippen molar-refractivity contribution in [3.63, 3.8) is 0 Å². The van der Waals surface area contributed by atoms with Gasteiger partial charge in [-0.25, -0.2) is 10.2 Å². The number of amides is 1. The summed E-state index contributed by atoms with van der Waals surface area (Å²) in [6, 6.07) is 17.3. The number of nitrogens with one attached hydrogen (secondary N) is 1. The van der Waals surface area contributed by atoms with Gasteiger partial charge in [0.2, 0.25) is 0 Å². The van der Waals surface area contributed by atoms with Gasteiger partial charge in [-0.15, -0.1) is 0 Å². The zero-order valence-corrected chi connectivity index (χ0v) is 16.9. The molecule has 2 aromatic carbocycles. The molecule has 0 saturated carbocycles. The van der Waals surface area contributed by atoms with Gasteiger partial charge in [-0.1, -0.05) is 53.7 Å². The Morgan fingerprint density at radius 1 is 1.16 bits per heavy atom. The van der Waals surface area contributed by atoms with E-state index in [1.165, 1.54) is 18.2 Å². The lowest BCUT2D eigenvalue weighted by atomic mass is 10.1. The Bertz CT molecular complexity index is 1120. The summed E-state index contributed by atoms with van der Waals surface area (Å²) in [7, 11) is 0. The van der Waals surface area contributed by atoms with Crippen molar-refractivity contribution in [3.8, 4) is 11.3 Å². The zero-order chi connectivity index (χ0) is 21.6. The lowest BCUT2D eigenvalue weighted by Gasteiger charge is -2.24. The third kappa shape index (κ3) is 5.07. The highest BCUT2D eigenvalue weighted by Crippen LogP contribution is 2.23. The molecule has 6 nitrogen and oxygen atoms in total. The number of hydrazine groups is 1. The Morgan fingerprint density at radius 2 is 2.00 bits per heavy atom. The van der Waals surface area contributed by atoms with Gasteiger partial charge < -0.3 is 14.8 Å². The molecule has 1 amide bonds. The van der Waals surface area contributed by atoms with Crippen molar-refractivity contribution in [3.05, 3.63) is 101 Å². The van der Waals surface area contributed by atoms with E-state index in [2.05, 4.69) is 10.5 Å². The molecule has 3 N–H and O–H groups in total. The number of rotatable bonds is 6. The van der Waals surface area contributed by atoms with Gasteiger partial charge in [0, 0.05) is 11.6 Å². The highest BCUT2D eigenvalue weighted by molar-refractivity contribution is 5.94. The van der Waals surface area contributed by atoms with E-state index in [9.17, 15) is 9.18 Å². The van der Waals surface area contributed by atoms with E-state index in [1.54, 1.807) is 17.1 Å². The summed E-state index contributed by atoms with van der Waals surface area (Å²) in [5.41, 5.74) is 3.18. The van der Waals surface area contributed by atoms with Crippen LogP contribution in [0.25, 0.3) is 11.3 Å². The maximum Gasteiger partial charge on any atom is 0.277 e. The zero-order valence-electron chi connectivity index (χ0n) is 16.9. The SMILES string of the molecule is NN(Cc1ccccc1)C1=C(NC(=O)c2cc(-c3cccc(F)c3)on2)C=CCCC1. The van der Waals surface area contributed by atoms with Gasteiger partial charge in [0.05, 0.1) is 17.9 Å². The van der Waals surface area contributed by atoms with Crippen LogP contribution in [0.1, 0.15) is 35.3 Å². The number of benzene rings is 2. The predicted octanol–water partition coefficient (Wildman–Crippen LogP) is 4.54. The summed E-state index contributed by atoms with van der Waals surface area (Å²) in [4.78, 5) is 12.8. The van der Waals surface area contributed by atoms with E-state index in [4.69, 9.17) is 10.4 Å². The van der Waals surface area contributed by atoms with Crippen molar-refractivity contribution >= 4 is 5.91 Å². The van der Waals surface area contributed by atoms with E-state index >= 15 is 0 Å². The first-order valence-corrected chi connectivity index (χ1v) is 10.1. The van der Waals surface area contributed by atoms with Crippen LogP contribution < -0.4 is 11.2 Å². The summed E-state index contributed by atoms with van der Waals surface area (Å²) in [6.45, 7) is 0.525. The molecular formula is C24H23FN4O2. The largest absolute Gasteiger partial charge is 0.355 e. The van der Waals surface area contributed by atoms with E-state index in [1.807, 2.05) is 42.5 Å². The minimum absolute atomic E-state index is 0.107. The van der Waals surface area contributed by atoms with Crippen LogP contribution in [-0.2, 0) is 6.54 Å². The van der Waals surface area contributed by atoms with Crippen LogP contribution in [0.3, 0.4) is 0 Å². The molecule has 0 radical (unpaired) electrons. The molecule has 3 aromatic rings. The Hall–Kier alpha value is -3.71. The molecule has 1 aliphatic carbocycles. The third-order valence-corrected chi connectivity index (χ3v) is 5.02. The monoisotopic (exact) mass is 418 g/mol. The van der Waals surface area contributed by atoms with Crippen LogP contribution in [-0.4, -0.2) is 16.1 Å². The standard InChI is InChI=1S/C24H23FN4O2/c25-19-11-7-10-18(14-19)23-15-21(28-31-23)24(30)27-20-12-5-2-6-13-22(20)29(26)16-17-8-3-1-4-9-17/h1,3-5,7-12,14-15H,2,6,13,16,26H2,(H,27,30). The molecule has 31 heavy (non-hydrogen) atoms. The van der Waals surface area contributed by atoms with Crippen LogP contribution in [0.15, 0.2) is 88.7 Å². The van der Waals surface area contributed by atoms with Crippen LogP contribution in [0.4, 0.5) is 4.39 Å². The maximum atomic E-state index is 13.5. The summed E-state index contributed by atoms with van der Waals surface area (Å²) in [6.07, 6.45) is 6.45. The first-order valence-electron chi connectivity index (χ1n) is 10.1. The van der Waals surface area contributed by atoms with E-state index in [0.717, 1.165) is 30.5 Å². The summed E-state index contributed by atoms with van der Waals surface area (Å²) >= 11 is 0. The molecule has 0 fully saturated rings. The van der Waals surface area contributed by atoms with Gasteiger partial charge in [0.15, 0.2) is 11.5 Å². The van der Waals surface area contributed by atoms with Crippen molar-refractivity contribution < 1.29 is 13.7 Å². The average molecular weight is 418 g/mol. The molecule has 158 valence electrons. The van der Waals surface area contributed by atoms with Gasteiger partial charge in [-0.3, -0.25) is 4.79 Å². The van der Waals surface area contributed by atoms with E-state index < -0.39 is 5.91 Å². The fourth-order valence-corrected chi connectivity index (χ4v) is 3.45. The molecule has 4 rings (SSSR count). The summed E-state index contributed by atoms with van der Waals surface area (Å²) in [5.74, 6) is 5.88. The Balaban J connectivity index is 1.54. The van der Waals surface area contributed by atoms with Crippen molar-refractivity contribution in [1.29, 1.82) is 0 Å². The number of halogens is 1. The molecule has 1 aromatic heterocycles. The topological polar surface area (TPSA) is 84.4 Å². The second kappa shape index (κ2) is 9.40. The van der Waals surface area contributed by atoms with E-state index in [0.29, 0.717) is 23.6 Å². The molecular weight excluding hydrogens is 395 g/mol. The predicted molar refractivity (Wildman–Crippen MR) is 116 cm³/mol. The van der Waals surface area contributed by atoms with Crippen LogP contribution in [0.2, 0.25) is 0 Å². The van der Waals surface area contributed by atoms with Crippen molar-refractivity contribution in [2.75, 3.05) is 0 Å². The number of allylic oxidation sites excluding steroid dienone is 3. The molecule has 0 saturated heterocycles. The Morgan fingerprint density at radius 3 is 2.81 bits per heavy atom. The van der Waals surface area contributed by atoms with Crippen molar-refractivity contribution in [1.82, 2.24) is 15.5 Å². The average Bonchev–Trinajstić information content (AvgIpc) is 3.16. The number of nitrogens with two attached hydrogens (primary N) is 1. The number of carbonyl (C=O) groups excluding carboxylic acids is 1. The normalized spacial score (nSPS) is 13.7. The van der Waals surface area contributed by atoms with Crippen LogP contribution in [0.5, 0.6) is 0 Å². The summed E-state index contributed by atoms with van der Waals surface area (Å²) in [5, 5.41) is 8.42. The second-order valence-corrected chi connectivity index (χ2v) is 7.31. The van der Waals surface area contributed by atoms with Gasteiger partial charge in [0.25, 0.3) is 5.91 Å². The number of hydrogen-bond donors (Lipinski definition) is 2. The third-order valence-electron chi connectivity index (χ3n) is 5.02. The van der Waals surface area contributed by atoms with Gasteiger partial charge in [-0.05, 0) is 43.0 Å². The molecule has 0 aliphatic heterocycles. The Kier molecular flexibility index (Phi) is 6.24. The molecule has 0 unspecified atom stereocenters. The minimum Gasteiger partial charge on any atom is -0.355 e. The minimum atomic E-state index is -0.418. The van der Waals surface area contributed by atoms with E-state index in [-0.39, 0.29) is 11.5 Å². The molecule has 7 heteroatoms. The lowest BCUT2D eigenvalue weighted by Crippen LogP contribution is -2.34. The van der Waals surface area contributed by atoms with Crippen LogP contribution >= 0.6 is 0 Å². The molecule has 0 bridgehead atoms. The molecule has 0 spiro atoms. The van der Waals surface area contributed by atoms with Gasteiger partial charge >= 0.3 is 0 Å². The maximum absolute atomic E-state index is 13.5.